The third-order valence-corrected chi connectivity index (χ3v) is 2.82. The van der Waals surface area contributed by atoms with Crippen molar-refractivity contribution in [1.29, 1.82) is 0 Å². The third kappa shape index (κ3) is 2.04. The number of nitrogens with zero attached hydrogens (tertiary/aromatic N) is 3. The van der Waals surface area contributed by atoms with E-state index in [1.807, 2.05) is 0 Å². The van der Waals surface area contributed by atoms with Gasteiger partial charge in [0.15, 0.2) is 0 Å². The Labute approximate surface area is 103 Å². The first-order valence-corrected chi connectivity index (χ1v) is 5.39. The van der Waals surface area contributed by atoms with Crippen molar-refractivity contribution in [1.82, 2.24) is 14.8 Å². The van der Waals surface area contributed by atoms with Gasteiger partial charge in [0.25, 0.3) is 0 Å². The molecule has 0 aromatic carbocycles. The Balaban J connectivity index is 2.39. The van der Waals surface area contributed by atoms with E-state index in [0.717, 1.165) is 5.69 Å². The highest BCUT2D eigenvalue weighted by atomic mass is 35.5. The van der Waals surface area contributed by atoms with Crippen LogP contribution in [0.2, 0.25) is 10.0 Å². The number of hydrogen-bond donors (Lipinski definition) is 1. The Bertz CT molecular complexity index is 473. The lowest BCUT2D eigenvalue weighted by atomic mass is 10.1. The number of rotatable bonds is 2. The Morgan fingerprint density at radius 1 is 1.31 bits per heavy atom. The van der Waals surface area contributed by atoms with Gasteiger partial charge in [0, 0.05) is 13.2 Å². The largest absolute Gasteiger partial charge is 0.318 e. The van der Waals surface area contributed by atoms with Crippen LogP contribution in [0.25, 0.3) is 0 Å². The predicted octanol–water partition coefficient (Wildman–Crippen LogP) is 2.17. The summed E-state index contributed by atoms with van der Waals surface area (Å²) in [4.78, 5) is 4.16. The average Bonchev–Trinajstić information content (AvgIpc) is 2.59. The molecule has 0 saturated heterocycles. The molecule has 16 heavy (non-hydrogen) atoms. The van der Waals surface area contributed by atoms with E-state index in [0.29, 0.717) is 15.7 Å². The zero-order chi connectivity index (χ0) is 11.7. The lowest BCUT2D eigenvalue weighted by Gasteiger charge is -2.12. The second kappa shape index (κ2) is 4.41. The summed E-state index contributed by atoms with van der Waals surface area (Å²) >= 11 is 11.8. The molecule has 0 amide bonds. The summed E-state index contributed by atoms with van der Waals surface area (Å²) in [7, 11) is 1.79. The Hall–Kier alpha value is -1.10. The van der Waals surface area contributed by atoms with Gasteiger partial charge in [-0.15, -0.1) is 0 Å². The molecule has 1 unspecified atom stereocenters. The van der Waals surface area contributed by atoms with Crippen LogP contribution in [0.15, 0.2) is 24.5 Å². The van der Waals surface area contributed by atoms with E-state index in [2.05, 4.69) is 10.1 Å². The van der Waals surface area contributed by atoms with Gasteiger partial charge in [0.05, 0.1) is 33.7 Å². The first-order valence-electron chi connectivity index (χ1n) is 4.64. The molecule has 0 aliphatic heterocycles. The first kappa shape index (κ1) is 11.4. The number of aromatic nitrogens is 3. The van der Waals surface area contributed by atoms with Crippen molar-refractivity contribution in [2.24, 2.45) is 12.8 Å². The minimum Gasteiger partial charge on any atom is -0.318 e. The van der Waals surface area contributed by atoms with Gasteiger partial charge >= 0.3 is 0 Å². The van der Waals surface area contributed by atoms with E-state index < -0.39 is 6.04 Å². The molecule has 0 aliphatic carbocycles. The highest BCUT2D eigenvalue weighted by Crippen LogP contribution is 2.24. The molecule has 0 fully saturated rings. The van der Waals surface area contributed by atoms with Crippen LogP contribution in [0, 0.1) is 0 Å². The van der Waals surface area contributed by atoms with Crippen molar-refractivity contribution >= 4 is 23.2 Å². The van der Waals surface area contributed by atoms with Crippen molar-refractivity contribution in [3.8, 4) is 0 Å². The fraction of sp³-hybridized carbons (Fsp3) is 0.200. The van der Waals surface area contributed by atoms with Crippen molar-refractivity contribution < 1.29 is 0 Å². The van der Waals surface area contributed by atoms with Crippen LogP contribution in [-0.4, -0.2) is 14.8 Å². The summed E-state index contributed by atoms with van der Waals surface area (Å²) in [5.74, 6) is 0. The summed E-state index contributed by atoms with van der Waals surface area (Å²) < 4.78 is 1.64. The fourth-order valence-corrected chi connectivity index (χ4v) is 1.88. The maximum Gasteiger partial charge on any atom is 0.0912 e. The van der Waals surface area contributed by atoms with Crippen LogP contribution < -0.4 is 5.73 Å². The molecule has 6 heteroatoms. The zero-order valence-corrected chi connectivity index (χ0v) is 10.1. The van der Waals surface area contributed by atoms with Crippen LogP contribution in [0.5, 0.6) is 0 Å². The number of aryl methyl sites for hydroxylation is 1. The molecule has 84 valence electrons. The minimum absolute atomic E-state index is 0.405. The molecule has 2 aromatic heterocycles. The number of hydrogen-bond acceptors (Lipinski definition) is 3. The lowest BCUT2D eigenvalue weighted by Crippen LogP contribution is -2.17. The summed E-state index contributed by atoms with van der Waals surface area (Å²) in [5, 5.41) is 5.14. The minimum atomic E-state index is -0.405. The van der Waals surface area contributed by atoms with Crippen molar-refractivity contribution in [2.75, 3.05) is 0 Å². The molecule has 2 N–H and O–H groups in total. The van der Waals surface area contributed by atoms with Crippen LogP contribution in [0.1, 0.15) is 17.4 Å². The molecule has 2 aromatic rings. The molecular weight excluding hydrogens is 247 g/mol. The van der Waals surface area contributed by atoms with Crippen molar-refractivity contribution in [3.63, 3.8) is 0 Å². The smallest absolute Gasteiger partial charge is 0.0912 e. The summed E-state index contributed by atoms with van der Waals surface area (Å²) in [5.41, 5.74) is 7.50. The number of nitrogens with two attached hydrogens (primary N) is 1. The van der Waals surface area contributed by atoms with Crippen LogP contribution in [0.3, 0.4) is 0 Å². The monoisotopic (exact) mass is 256 g/mol. The van der Waals surface area contributed by atoms with E-state index in [-0.39, 0.29) is 0 Å². The Kier molecular flexibility index (Phi) is 3.14. The average molecular weight is 257 g/mol. The van der Waals surface area contributed by atoms with Gasteiger partial charge in [-0.1, -0.05) is 23.2 Å². The van der Waals surface area contributed by atoms with Crippen LogP contribution in [-0.2, 0) is 7.05 Å². The standard InChI is InChI=1S/C10H10Cl2N4/c1-16-10(7(12)5-15-16)9(13)8-3-2-6(11)4-14-8/h2-5,9H,13H2,1H3. The van der Waals surface area contributed by atoms with Gasteiger partial charge in [-0.3, -0.25) is 9.67 Å². The van der Waals surface area contributed by atoms with Crippen LogP contribution >= 0.6 is 23.2 Å². The lowest BCUT2D eigenvalue weighted by molar-refractivity contribution is 0.664. The van der Waals surface area contributed by atoms with Gasteiger partial charge in [-0.05, 0) is 12.1 Å². The molecule has 1 atom stereocenters. The topological polar surface area (TPSA) is 56.7 Å². The van der Waals surface area contributed by atoms with Gasteiger partial charge in [-0.2, -0.15) is 5.10 Å². The van der Waals surface area contributed by atoms with Gasteiger partial charge in [-0.25, -0.2) is 0 Å². The predicted molar refractivity (Wildman–Crippen MR) is 63.5 cm³/mol. The molecule has 2 rings (SSSR count). The second-order valence-corrected chi connectivity index (χ2v) is 4.22. The van der Waals surface area contributed by atoms with Crippen LogP contribution in [0.4, 0.5) is 0 Å². The molecule has 4 nitrogen and oxygen atoms in total. The molecule has 0 aliphatic rings. The van der Waals surface area contributed by atoms with E-state index in [9.17, 15) is 0 Å². The summed E-state index contributed by atoms with van der Waals surface area (Å²) in [6.07, 6.45) is 3.12. The quantitative estimate of drug-likeness (QED) is 0.896. The Morgan fingerprint density at radius 2 is 2.06 bits per heavy atom. The van der Waals surface area contributed by atoms with Gasteiger partial charge in [0.2, 0.25) is 0 Å². The summed E-state index contributed by atoms with van der Waals surface area (Å²) in [6, 6.07) is 3.11. The van der Waals surface area contributed by atoms with Gasteiger partial charge in [0.1, 0.15) is 0 Å². The van der Waals surface area contributed by atoms with Crippen molar-refractivity contribution in [3.05, 3.63) is 46.0 Å². The molecule has 0 bridgehead atoms. The molecule has 0 radical (unpaired) electrons. The van der Waals surface area contributed by atoms with E-state index in [1.165, 1.54) is 0 Å². The number of halogens is 2. The maximum atomic E-state index is 6.06. The van der Waals surface area contributed by atoms with Gasteiger partial charge < -0.3 is 5.73 Å². The zero-order valence-electron chi connectivity index (χ0n) is 8.56. The highest BCUT2D eigenvalue weighted by Gasteiger charge is 2.17. The number of pyridine rings is 1. The normalized spacial score (nSPS) is 12.8. The highest BCUT2D eigenvalue weighted by molar-refractivity contribution is 6.31. The molecule has 0 spiro atoms. The van der Waals surface area contributed by atoms with Crippen molar-refractivity contribution in [2.45, 2.75) is 6.04 Å². The SMILES string of the molecule is Cn1ncc(Cl)c1C(N)c1ccc(Cl)cn1. The van der Waals surface area contributed by atoms with E-state index in [1.54, 1.807) is 36.3 Å². The summed E-state index contributed by atoms with van der Waals surface area (Å²) in [6.45, 7) is 0. The van der Waals surface area contributed by atoms with E-state index >= 15 is 0 Å². The maximum absolute atomic E-state index is 6.06. The first-order chi connectivity index (χ1) is 7.59. The molecular formula is C10H10Cl2N4. The molecule has 0 saturated carbocycles. The second-order valence-electron chi connectivity index (χ2n) is 3.38. The third-order valence-electron chi connectivity index (χ3n) is 2.30. The van der Waals surface area contributed by atoms with E-state index in [4.69, 9.17) is 28.9 Å². The molecule has 2 heterocycles. The fourth-order valence-electron chi connectivity index (χ4n) is 1.48. The Morgan fingerprint density at radius 3 is 2.56 bits per heavy atom.